The van der Waals surface area contributed by atoms with Crippen LogP contribution in [0, 0.1) is 0 Å². The lowest BCUT2D eigenvalue weighted by molar-refractivity contribution is 0.415. The molecule has 0 unspecified atom stereocenters. The predicted octanol–water partition coefficient (Wildman–Crippen LogP) is 1.11. The zero-order chi connectivity index (χ0) is 13.2. The third-order valence-corrected chi connectivity index (χ3v) is 2.82. The number of nitrogen functional groups attached to an aromatic ring is 1. The van der Waals surface area contributed by atoms with Crippen molar-refractivity contribution in [2.45, 2.75) is 0 Å². The number of methoxy groups -OCH3 is 1. The highest BCUT2D eigenvalue weighted by molar-refractivity contribution is 5.83. The van der Waals surface area contributed by atoms with Crippen molar-refractivity contribution in [3.05, 3.63) is 36.9 Å². The molecule has 0 aliphatic carbocycles. The van der Waals surface area contributed by atoms with Crippen LogP contribution in [0.2, 0.25) is 0 Å². The molecule has 1 aromatic carbocycles. The largest absolute Gasteiger partial charge is 0.497 e. The second kappa shape index (κ2) is 4.54. The monoisotopic (exact) mass is 256 g/mol. The summed E-state index contributed by atoms with van der Waals surface area (Å²) in [6.45, 7) is 0. The summed E-state index contributed by atoms with van der Waals surface area (Å²) in [7, 11) is 1.63. The average molecular weight is 256 g/mol. The van der Waals surface area contributed by atoms with Crippen LogP contribution in [0.15, 0.2) is 36.9 Å². The number of nitrogens with one attached hydrogen (secondary N) is 1. The van der Waals surface area contributed by atoms with Crippen LogP contribution in [-0.2, 0) is 0 Å². The normalized spacial score (nSPS) is 10.6. The molecule has 0 saturated heterocycles. The SMILES string of the molecule is COc1ccc(-n2cnc3c(NN)ncnc32)cc1. The van der Waals surface area contributed by atoms with Crippen LogP contribution in [-0.4, -0.2) is 26.6 Å². The Morgan fingerprint density at radius 1 is 1.16 bits per heavy atom. The standard InChI is InChI=1S/C12H12N6O/c1-19-9-4-2-8(3-5-9)18-7-16-10-11(17-13)14-6-15-12(10)18/h2-7H,13H2,1H3,(H,14,15,17). The maximum Gasteiger partial charge on any atom is 0.171 e. The molecule has 0 radical (unpaired) electrons. The third-order valence-electron chi connectivity index (χ3n) is 2.82. The van der Waals surface area contributed by atoms with Crippen molar-refractivity contribution in [2.24, 2.45) is 5.84 Å². The van der Waals surface area contributed by atoms with Gasteiger partial charge >= 0.3 is 0 Å². The molecule has 0 aliphatic rings. The number of rotatable bonds is 3. The summed E-state index contributed by atoms with van der Waals surface area (Å²) in [5.74, 6) is 6.69. The van der Waals surface area contributed by atoms with E-state index in [4.69, 9.17) is 10.6 Å². The Bertz CT molecular complexity index is 706. The van der Waals surface area contributed by atoms with Gasteiger partial charge in [-0.2, -0.15) is 0 Å². The lowest BCUT2D eigenvalue weighted by atomic mass is 10.3. The number of fused-ring (bicyclic) bond motifs is 1. The van der Waals surface area contributed by atoms with E-state index in [-0.39, 0.29) is 0 Å². The van der Waals surface area contributed by atoms with Gasteiger partial charge in [0.25, 0.3) is 0 Å². The first-order valence-electron chi connectivity index (χ1n) is 5.62. The first-order valence-corrected chi connectivity index (χ1v) is 5.62. The van der Waals surface area contributed by atoms with Crippen LogP contribution in [0.3, 0.4) is 0 Å². The number of nitrogens with zero attached hydrogens (tertiary/aromatic N) is 4. The second-order valence-electron chi connectivity index (χ2n) is 3.85. The molecule has 0 aliphatic heterocycles. The van der Waals surface area contributed by atoms with Crippen LogP contribution in [0.4, 0.5) is 5.82 Å². The van der Waals surface area contributed by atoms with Crippen LogP contribution < -0.4 is 16.0 Å². The third kappa shape index (κ3) is 1.85. The van der Waals surface area contributed by atoms with Gasteiger partial charge in [0.2, 0.25) is 0 Å². The minimum atomic E-state index is 0.497. The number of aromatic nitrogens is 4. The highest BCUT2D eigenvalue weighted by Crippen LogP contribution is 2.21. The van der Waals surface area contributed by atoms with Crippen molar-refractivity contribution in [3.63, 3.8) is 0 Å². The van der Waals surface area contributed by atoms with Gasteiger partial charge in [-0.15, -0.1) is 0 Å². The van der Waals surface area contributed by atoms with E-state index in [9.17, 15) is 0 Å². The highest BCUT2D eigenvalue weighted by atomic mass is 16.5. The lowest BCUT2D eigenvalue weighted by Crippen LogP contribution is -2.09. The minimum Gasteiger partial charge on any atom is -0.497 e. The molecule has 7 nitrogen and oxygen atoms in total. The van der Waals surface area contributed by atoms with Crippen LogP contribution in [0.1, 0.15) is 0 Å². The molecule has 0 bridgehead atoms. The molecule has 0 saturated carbocycles. The number of hydrogen-bond acceptors (Lipinski definition) is 6. The number of benzene rings is 1. The molecular formula is C12H12N6O. The summed E-state index contributed by atoms with van der Waals surface area (Å²) in [5.41, 5.74) is 4.76. The molecule has 3 N–H and O–H groups in total. The van der Waals surface area contributed by atoms with E-state index in [1.54, 1.807) is 13.4 Å². The van der Waals surface area contributed by atoms with Crippen LogP contribution >= 0.6 is 0 Å². The van der Waals surface area contributed by atoms with Gasteiger partial charge in [0.15, 0.2) is 17.0 Å². The molecule has 2 heterocycles. The maximum atomic E-state index is 5.40. The van der Waals surface area contributed by atoms with Crippen LogP contribution in [0.5, 0.6) is 5.75 Å². The lowest BCUT2D eigenvalue weighted by Gasteiger charge is -2.05. The molecular weight excluding hydrogens is 244 g/mol. The van der Waals surface area contributed by atoms with E-state index in [1.165, 1.54) is 6.33 Å². The Morgan fingerprint density at radius 2 is 1.95 bits per heavy atom. The van der Waals surface area contributed by atoms with Crippen molar-refractivity contribution in [3.8, 4) is 11.4 Å². The predicted molar refractivity (Wildman–Crippen MR) is 71.0 cm³/mol. The van der Waals surface area contributed by atoms with Crippen LogP contribution in [0.25, 0.3) is 16.9 Å². The molecule has 96 valence electrons. The smallest absolute Gasteiger partial charge is 0.171 e. The van der Waals surface area contributed by atoms with Crippen molar-refractivity contribution in [1.82, 2.24) is 19.5 Å². The topological polar surface area (TPSA) is 90.9 Å². The summed E-state index contributed by atoms with van der Waals surface area (Å²) in [5, 5.41) is 0. The van der Waals surface area contributed by atoms with E-state index in [0.717, 1.165) is 11.4 Å². The van der Waals surface area contributed by atoms with E-state index in [0.29, 0.717) is 17.0 Å². The number of ether oxygens (including phenoxy) is 1. The maximum absolute atomic E-state index is 5.40. The molecule has 2 aromatic heterocycles. The van der Waals surface area contributed by atoms with Gasteiger partial charge in [-0.1, -0.05) is 0 Å². The summed E-state index contributed by atoms with van der Waals surface area (Å²) in [6, 6.07) is 7.62. The Hall–Kier alpha value is -2.67. The van der Waals surface area contributed by atoms with E-state index >= 15 is 0 Å². The Morgan fingerprint density at radius 3 is 2.63 bits per heavy atom. The van der Waals surface area contributed by atoms with Gasteiger partial charge in [-0.3, -0.25) is 4.57 Å². The molecule has 3 aromatic rings. The van der Waals surface area contributed by atoms with Gasteiger partial charge < -0.3 is 10.2 Å². The summed E-state index contributed by atoms with van der Waals surface area (Å²) in [4.78, 5) is 12.5. The number of hydrazine groups is 1. The van der Waals surface area contributed by atoms with Gasteiger partial charge in [0, 0.05) is 5.69 Å². The van der Waals surface area contributed by atoms with Crippen molar-refractivity contribution in [2.75, 3.05) is 12.5 Å². The summed E-state index contributed by atoms with van der Waals surface area (Å²) >= 11 is 0. The fraction of sp³-hybridized carbons (Fsp3) is 0.0833. The van der Waals surface area contributed by atoms with Gasteiger partial charge in [-0.05, 0) is 24.3 Å². The molecule has 3 rings (SSSR count). The zero-order valence-electron chi connectivity index (χ0n) is 10.2. The molecule has 0 atom stereocenters. The van der Waals surface area contributed by atoms with Crippen molar-refractivity contribution in [1.29, 1.82) is 0 Å². The van der Waals surface area contributed by atoms with E-state index in [2.05, 4.69) is 20.4 Å². The summed E-state index contributed by atoms with van der Waals surface area (Å²) in [6.07, 6.45) is 3.13. The Kier molecular flexibility index (Phi) is 2.73. The Balaban J connectivity index is 2.14. The second-order valence-corrected chi connectivity index (χ2v) is 3.85. The molecule has 7 heteroatoms. The van der Waals surface area contributed by atoms with Gasteiger partial charge in [0.1, 0.15) is 18.4 Å². The number of imidazole rings is 1. The summed E-state index contributed by atoms with van der Waals surface area (Å²) < 4.78 is 6.99. The van der Waals surface area contributed by atoms with E-state index in [1.807, 2.05) is 28.8 Å². The Labute approximate surface area is 109 Å². The number of nitrogens with two attached hydrogens (primary N) is 1. The minimum absolute atomic E-state index is 0.497. The quantitative estimate of drug-likeness (QED) is 0.539. The fourth-order valence-electron chi connectivity index (χ4n) is 1.87. The highest BCUT2D eigenvalue weighted by Gasteiger charge is 2.10. The average Bonchev–Trinajstić information content (AvgIpc) is 2.91. The molecule has 0 amide bonds. The molecule has 0 spiro atoms. The zero-order valence-corrected chi connectivity index (χ0v) is 10.2. The fourth-order valence-corrected chi connectivity index (χ4v) is 1.87. The van der Waals surface area contributed by atoms with Crippen molar-refractivity contribution < 1.29 is 4.74 Å². The molecule has 0 fully saturated rings. The first-order chi connectivity index (χ1) is 9.33. The number of hydrogen-bond donors (Lipinski definition) is 2. The number of anilines is 1. The van der Waals surface area contributed by atoms with Crippen molar-refractivity contribution >= 4 is 17.0 Å². The van der Waals surface area contributed by atoms with E-state index < -0.39 is 0 Å². The van der Waals surface area contributed by atoms with Gasteiger partial charge in [-0.25, -0.2) is 20.8 Å². The molecule has 19 heavy (non-hydrogen) atoms. The van der Waals surface area contributed by atoms with Gasteiger partial charge in [0.05, 0.1) is 7.11 Å². The first kappa shape index (κ1) is 11.4.